The summed E-state index contributed by atoms with van der Waals surface area (Å²) in [6, 6.07) is 3.65. The van der Waals surface area contributed by atoms with Gasteiger partial charge in [-0.3, -0.25) is 5.84 Å². The molecule has 1 aromatic carbocycles. The number of ether oxygens (including phenoxy) is 3. The van der Waals surface area contributed by atoms with Crippen LogP contribution in [0.15, 0.2) is 23.8 Å². The van der Waals surface area contributed by atoms with Crippen molar-refractivity contribution in [2.75, 3.05) is 21.3 Å². The molecule has 0 saturated heterocycles. The Kier molecular flexibility index (Phi) is 5.66. The summed E-state index contributed by atoms with van der Waals surface area (Å²) in [5.74, 6) is 7.39. The Morgan fingerprint density at radius 2 is 1.63 bits per heavy atom. The Morgan fingerprint density at radius 3 is 1.95 bits per heavy atom. The van der Waals surface area contributed by atoms with E-state index in [1.165, 1.54) is 0 Å². The Labute approximate surface area is 114 Å². The molecule has 0 aliphatic heterocycles. The summed E-state index contributed by atoms with van der Waals surface area (Å²) in [5, 5.41) is 0. The number of hydrogen-bond acceptors (Lipinski definition) is 5. The summed E-state index contributed by atoms with van der Waals surface area (Å²) >= 11 is 0. The van der Waals surface area contributed by atoms with Crippen molar-refractivity contribution in [3.63, 3.8) is 0 Å². The molecule has 0 aliphatic rings. The number of nitrogens with two attached hydrogens (primary N) is 1. The van der Waals surface area contributed by atoms with Crippen molar-refractivity contribution in [2.24, 2.45) is 5.84 Å². The summed E-state index contributed by atoms with van der Waals surface area (Å²) in [4.78, 5) is 0. The summed E-state index contributed by atoms with van der Waals surface area (Å²) in [6.07, 6.45) is 2.03. The van der Waals surface area contributed by atoms with Crippen molar-refractivity contribution in [1.82, 2.24) is 5.43 Å². The molecule has 19 heavy (non-hydrogen) atoms. The van der Waals surface area contributed by atoms with Gasteiger partial charge in [0.2, 0.25) is 5.75 Å². The van der Waals surface area contributed by atoms with Crippen molar-refractivity contribution >= 4 is 0 Å². The quantitative estimate of drug-likeness (QED) is 0.469. The molecule has 1 atom stereocenters. The Hall–Kier alpha value is -1.72. The maximum atomic E-state index is 5.60. The molecule has 0 spiro atoms. The first-order chi connectivity index (χ1) is 9.07. The number of rotatable bonds is 6. The predicted octanol–water partition coefficient (Wildman–Crippen LogP) is 2.18. The van der Waals surface area contributed by atoms with Gasteiger partial charge in [-0.15, -0.1) is 0 Å². The highest BCUT2D eigenvalue weighted by Crippen LogP contribution is 2.39. The maximum absolute atomic E-state index is 5.60. The molecule has 0 saturated carbocycles. The first kappa shape index (κ1) is 15.3. The van der Waals surface area contributed by atoms with Crippen LogP contribution in [0.1, 0.15) is 25.5 Å². The van der Waals surface area contributed by atoms with Gasteiger partial charge in [-0.2, -0.15) is 0 Å². The lowest BCUT2D eigenvalue weighted by Crippen LogP contribution is -2.26. The molecule has 1 unspecified atom stereocenters. The van der Waals surface area contributed by atoms with Crippen LogP contribution in [0, 0.1) is 0 Å². The highest BCUT2D eigenvalue weighted by molar-refractivity contribution is 5.54. The summed E-state index contributed by atoms with van der Waals surface area (Å²) in [5.41, 5.74) is 4.87. The molecule has 0 aliphatic carbocycles. The molecular formula is C14H22N2O3. The van der Waals surface area contributed by atoms with Gasteiger partial charge in [-0.1, -0.05) is 11.6 Å². The van der Waals surface area contributed by atoms with Gasteiger partial charge in [-0.05, 0) is 31.5 Å². The third-order valence-corrected chi connectivity index (χ3v) is 2.73. The number of hydrazine groups is 1. The van der Waals surface area contributed by atoms with E-state index >= 15 is 0 Å². The molecule has 0 amide bonds. The molecule has 0 fully saturated rings. The van der Waals surface area contributed by atoms with Crippen LogP contribution in [0.2, 0.25) is 0 Å². The van der Waals surface area contributed by atoms with E-state index in [1.807, 2.05) is 32.1 Å². The molecule has 0 bridgehead atoms. The highest BCUT2D eigenvalue weighted by Gasteiger charge is 2.16. The lowest BCUT2D eigenvalue weighted by atomic mass is 10.0. The molecule has 5 nitrogen and oxygen atoms in total. The monoisotopic (exact) mass is 266 g/mol. The zero-order chi connectivity index (χ0) is 14.4. The van der Waals surface area contributed by atoms with E-state index in [9.17, 15) is 0 Å². The van der Waals surface area contributed by atoms with Crippen LogP contribution in [0.3, 0.4) is 0 Å². The first-order valence-corrected chi connectivity index (χ1v) is 5.98. The number of methoxy groups -OCH3 is 3. The van der Waals surface area contributed by atoms with Gasteiger partial charge in [0.15, 0.2) is 11.5 Å². The van der Waals surface area contributed by atoms with Crippen LogP contribution in [0.25, 0.3) is 0 Å². The van der Waals surface area contributed by atoms with Crippen molar-refractivity contribution in [3.8, 4) is 17.2 Å². The minimum absolute atomic E-state index is 0.112. The second-order valence-corrected chi connectivity index (χ2v) is 4.35. The summed E-state index contributed by atoms with van der Waals surface area (Å²) in [7, 11) is 4.76. The summed E-state index contributed by atoms with van der Waals surface area (Å²) < 4.78 is 15.9. The van der Waals surface area contributed by atoms with Gasteiger partial charge in [-0.25, -0.2) is 5.43 Å². The lowest BCUT2D eigenvalue weighted by Gasteiger charge is -2.18. The molecule has 1 rings (SSSR count). The minimum atomic E-state index is -0.112. The van der Waals surface area contributed by atoms with E-state index < -0.39 is 0 Å². The SMILES string of the molecule is COc1cc(C(C=C(C)C)NN)cc(OC)c1OC. The molecule has 3 N–H and O–H groups in total. The zero-order valence-corrected chi connectivity index (χ0v) is 12.1. The van der Waals surface area contributed by atoms with Gasteiger partial charge in [0, 0.05) is 0 Å². The predicted molar refractivity (Wildman–Crippen MR) is 75.6 cm³/mol. The molecular weight excluding hydrogens is 244 g/mol. The van der Waals surface area contributed by atoms with E-state index in [-0.39, 0.29) is 6.04 Å². The van der Waals surface area contributed by atoms with Crippen molar-refractivity contribution in [2.45, 2.75) is 19.9 Å². The standard InChI is InChI=1S/C14H22N2O3/c1-9(2)6-11(16-15)10-7-12(17-3)14(19-5)13(8-10)18-4/h6-8,11,16H,15H2,1-5H3. The van der Waals surface area contributed by atoms with E-state index in [0.29, 0.717) is 17.2 Å². The lowest BCUT2D eigenvalue weighted by molar-refractivity contribution is 0.323. The van der Waals surface area contributed by atoms with Crippen LogP contribution in [0.4, 0.5) is 0 Å². The van der Waals surface area contributed by atoms with E-state index in [1.54, 1.807) is 21.3 Å². The average Bonchev–Trinajstić information content (AvgIpc) is 2.42. The fraction of sp³-hybridized carbons (Fsp3) is 0.429. The Morgan fingerprint density at radius 1 is 1.11 bits per heavy atom. The Balaban J connectivity index is 3.32. The van der Waals surface area contributed by atoms with Gasteiger partial charge in [0.1, 0.15) is 0 Å². The number of nitrogens with one attached hydrogen (secondary N) is 1. The summed E-state index contributed by atoms with van der Waals surface area (Å²) in [6.45, 7) is 4.03. The fourth-order valence-corrected chi connectivity index (χ4v) is 1.85. The molecule has 0 heterocycles. The number of allylic oxidation sites excluding steroid dienone is 1. The number of benzene rings is 1. The van der Waals surface area contributed by atoms with E-state index in [2.05, 4.69) is 5.43 Å². The van der Waals surface area contributed by atoms with Crippen molar-refractivity contribution in [3.05, 3.63) is 29.3 Å². The average molecular weight is 266 g/mol. The normalized spacial score (nSPS) is 11.7. The molecule has 0 radical (unpaired) electrons. The van der Waals surface area contributed by atoms with Crippen molar-refractivity contribution in [1.29, 1.82) is 0 Å². The largest absolute Gasteiger partial charge is 0.493 e. The van der Waals surface area contributed by atoms with E-state index in [0.717, 1.165) is 11.1 Å². The molecule has 106 valence electrons. The van der Waals surface area contributed by atoms with Gasteiger partial charge < -0.3 is 14.2 Å². The minimum Gasteiger partial charge on any atom is -0.493 e. The molecule has 0 aromatic heterocycles. The molecule has 5 heteroatoms. The maximum Gasteiger partial charge on any atom is 0.203 e. The second-order valence-electron chi connectivity index (χ2n) is 4.35. The van der Waals surface area contributed by atoms with Crippen LogP contribution in [-0.2, 0) is 0 Å². The highest BCUT2D eigenvalue weighted by atomic mass is 16.5. The third-order valence-electron chi connectivity index (χ3n) is 2.73. The van der Waals surface area contributed by atoms with E-state index in [4.69, 9.17) is 20.1 Å². The van der Waals surface area contributed by atoms with Gasteiger partial charge in [0.25, 0.3) is 0 Å². The second kappa shape index (κ2) is 7.01. The van der Waals surface area contributed by atoms with Crippen LogP contribution in [0.5, 0.6) is 17.2 Å². The fourth-order valence-electron chi connectivity index (χ4n) is 1.85. The van der Waals surface area contributed by atoms with Crippen molar-refractivity contribution < 1.29 is 14.2 Å². The Bertz CT molecular complexity index is 429. The smallest absolute Gasteiger partial charge is 0.203 e. The van der Waals surface area contributed by atoms with Gasteiger partial charge >= 0.3 is 0 Å². The first-order valence-electron chi connectivity index (χ1n) is 5.98. The van der Waals surface area contributed by atoms with Crippen LogP contribution >= 0.6 is 0 Å². The third kappa shape index (κ3) is 3.62. The number of hydrogen-bond donors (Lipinski definition) is 2. The van der Waals surface area contributed by atoms with Crippen LogP contribution in [-0.4, -0.2) is 21.3 Å². The molecule has 1 aromatic rings. The van der Waals surface area contributed by atoms with Crippen LogP contribution < -0.4 is 25.5 Å². The zero-order valence-electron chi connectivity index (χ0n) is 12.1. The van der Waals surface area contributed by atoms with Gasteiger partial charge in [0.05, 0.1) is 27.4 Å². The topological polar surface area (TPSA) is 65.7 Å².